The summed E-state index contributed by atoms with van der Waals surface area (Å²) in [6.07, 6.45) is -4.70. The van der Waals surface area contributed by atoms with Gasteiger partial charge in [-0.1, -0.05) is 31.1 Å². The highest BCUT2D eigenvalue weighted by atomic mass is 32.2. The first-order valence-corrected chi connectivity index (χ1v) is 9.31. The van der Waals surface area contributed by atoms with E-state index in [1.54, 1.807) is 24.3 Å². The summed E-state index contributed by atoms with van der Waals surface area (Å²) in [4.78, 5) is 0. The van der Waals surface area contributed by atoms with Crippen LogP contribution < -0.4 is 4.72 Å². The Kier molecular flexibility index (Phi) is 4.77. The normalized spacial score (nSPS) is 12.5. The summed E-state index contributed by atoms with van der Waals surface area (Å²) in [7, 11) is -4.05. The lowest BCUT2D eigenvalue weighted by atomic mass is 10.0. The molecule has 0 atom stereocenters. The third kappa shape index (κ3) is 4.16. The van der Waals surface area contributed by atoms with Crippen LogP contribution in [0, 0.1) is 0 Å². The molecule has 3 rings (SSSR count). The van der Waals surface area contributed by atoms with Gasteiger partial charge < -0.3 is 8.94 Å². The van der Waals surface area contributed by atoms with Crippen molar-refractivity contribution in [3.63, 3.8) is 0 Å². The molecular formula is C17H15F3N2O4S. The van der Waals surface area contributed by atoms with Gasteiger partial charge in [0.2, 0.25) is 10.9 Å². The van der Waals surface area contributed by atoms with Crippen molar-refractivity contribution in [1.29, 1.82) is 0 Å². The van der Waals surface area contributed by atoms with Crippen LogP contribution in [0.5, 0.6) is 0 Å². The summed E-state index contributed by atoms with van der Waals surface area (Å²) in [5.74, 6) is -1.17. The van der Waals surface area contributed by atoms with Crippen molar-refractivity contribution >= 4 is 15.7 Å². The molecule has 27 heavy (non-hydrogen) atoms. The monoisotopic (exact) mass is 400 g/mol. The molecule has 3 aromatic rings. The molecule has 0 unspecified atom stereocenters. The topological polar surface area (TPSA) is 85.3 Å². The lowest BCUT2D eigenvalue weighted by molar-refractivity contribution is -0.155. The second-order valence-electron chi connectivity index (χ2n) is 6.08. The lowest BCUT2D eigenvalue weighted by Crippen LogP contribution is -2.12. The maximum absolute atomic E-state index is 12.6. The van der Waals surface area contributed by atoms with Crippen molar-refractivity contribution < 1.29 is 30.5 Å². The van der Waals surface area contributed by atoms with Gasteiger partial charge in [0.15, 0.2) is 5.76 Å². The molecule has 144 valence electrons. The first kappa shape index (κ1) is 19.0. The molecule has 1 N–H and O–H groups in total. The highest BCUT2D eigenvalue weighted by molar-refractivity contribution is 7.92. The highest BCUT2D eigenvalue weighted by Gasteiger charge is 2.36. The number of nitrogens with one attached hydrogen (secondary N) is 1. The number of rotatable bonds is 5. The third-order valence-electron chi connectivity index (χ3n) is 3.72. The van der Waals surface area contributed by atoms with Crippen LogP contribution >= 0.6 is 0 Å². The number of benzene rings is 1. The zero-order valence-electron chi connectivity index (χ0n) is 14.2. The van der Waals surface area contributed by atoms with E-state index in [2.05, 4.69) is 14.4 Å². The molecule has 0 saturated heterocycles. The fraction of sp³-hybridized carbons (Fsp3) is 0.235. The minimum atomic E-state index is -4.70. The molecular weight excluding hydrogens is 385 g/mol. The maximum Gasteiger partial charge on any atom is 0.452 e. The molecule has 0 saturated carbocycles. The average molecular weight is 400 g/mol. The Morgan fingerprint density at radius 2 is 1.74 bits per heavy atom. The minimum absolute atomic E-state index is 0.162. The van der Waals surface area contributed by atoms with Crippen LogP contribution in [0.1, 0.15) is 31.1 Å². The van der Waals surface area contributed by atoms with E-state index >= 15 is 0 Å². The fourth-order valence-electron chi connectivity index (χ4n) is 2.27. The Balaban J connectivity index is 1.81. The van der Waals surface area contributed by atoms with E-state index in [1.807, 2.05) is 13.8 Å². The molecule has 0 aliphatic heterocycles. The molecule has 0 radical (unpaired) electrons. The second kappa shape index (κ2) is 6.76. The van der Waals surface area contributed by atoms with Crippen molar-refractivity contribution in [1.82, 2.24) is 5.16 Å². The highest BCUT2D eigenvalue weighted by Crippen LogP contribution is 2.33. The number of aromatic nitrogens is 1. The molecule has 2 heterocycles. The third-order valence-corrected chi connectivity index (χ3v) is 4.97. The van der Waals surface area contributed by atoms with Crippen molar-refractivity contribution in [3.05, 3.63) is 53.8 Å². The standard InChI is InChI=1S/C17H15F3N2O4S/c1-10(2)11-3-5-12(6-4-11)22-27(23,24)16-8-7-14(25-16)13-9-15(26-21-13)17(18,19)20/h3-10,22H,1-2H3. The Morgan fingerprint density at radius 1 is 1.07 bits per heavy atom. The first-order chi connectivity index (χ1) is 12.6. The van der Waals surface area contributed by atoms with Crippen LogP contribution in [0.25, 0.3) is 11.5 Å². The van der Waals surface area contributed by atoms with E-state index in [4.69, 9.17) is 4.42 Å². The van der Waals surface area contributed by atoms with Crippen LogP contribution in [0.15, 0.2) is 56.5 Å². The zero-order chi connectivity index (χ0) is 19.8. The Morgan fingerprint density at radius 3 is 2.30 bits per heavy atom. The van der Waals surface area contributed by atoms with E-state index in [1.165, 1.54) is 6.07 Å². The van der Waals surface area contributed by atoms with E-state index in [-0.39, 0.29) is 11.5 Å². The predicted octanol–water partition coefficient (Wildman–Crippen LogP) is 4.88. The average Bonchev–Trinajstić information content (AvgIpc) is 3.24. The van der Waals surface area contributed by atoms with Crippen molar-refractivity contribution in [2.24, 2.45) is 0 Å². The number of nitrogens with zero attached hydrogens (tertiary/aromatic N) is 1. The largest absolute Gasteiger partial charge is 0.452 e. The number of hydrogen-bond donors (Lipinski definition) is 1. The van der Waals surface area contributed by atoms with Crippen molar-refractivity contribution in [2.45, 2.75) is 31.0 Å². The Bertz CT molecular complexity index is 1030. The van der Waals surface area contributed by atoms with Gasteiger partial charge in [0, 0.05) is 11.8 Å². The van der Waals surface area contributed by atoms with Crippen LogP contribution in [0.4, 0.5) is 18.9 Å². The molecule has 10 heteroatoms. The van der Waals surface area contributed by atoms with Crippen LogP contribution in [0.3, 0.4) is 0 Å². The molecule has 1 aromatic carbocycles. The number of alkyl halides is 3. The van der Waals surface area contributed by atoms with Crippen LogP contribution in [0.2, 0.25) is 0 Å². The fourth-order valence-corrected chi connectivity index (χ4v) is 3.26. The number of hydrogen-bond acceptors (Lipinski definition) is 5. The quantitative estimate of drug-likeness (QED) is 0.660. The smallest absolute Gasteiger partial charge is 0.441 e. The predicted molar refractivity (Wildman–Crippen MR) is 90.5 cm³/mol. The van der Waals surface area contributed by atoms with Gasteiger partial charge in [0.25, 0.3) is 10.0 Å². The molecule has 0 bridgehead atoms. The lowest BCUT2D eigenvalue weighted by Gasteiger charge is -2.08. The van der Waals surface area contributed by atoms with E-state index in [9.17, 15) is 21.6 Å². The van der Waals surface area contributed by atoms with Gasteiger partial charge in [-0.3, -0.25) is 4.72 Å². The van der Waals surface area contributed by atoms with Gasteiger partial charge in [-0.2, -0.15) is 21.6 Å². The number of anilines is 1. The summed E-state index contributed by atoms with van der Waals surface area (Å²) in [5, 5.41) is 2.80. The van der Waals surface area contributed by atoms with Gasteiger partial charge in [0.1, 0.15) is 5.69 Å². The minimum Gasteiger partial charge on any atom is -0.441 e. The molecule has 0 aliphatic rings. The van der Waals surface area contributed by atoms with Gasteiger partial charge in [0.05, 0.1) is 0 Å². The zero-order valence-corrected chi connectivity index (χ0v) is 15.1. The summed E-state index contributed by atoms with van der Waals surface area (Å²) in [5.41, 5.74) is 1.12. The first-order valence-electron chi connectivity index (χ1n) is 7.83. The second-order valence-corrected chi connectivity index (χ2v) is 7.69. The van der Waals surface area contributed by atoms with Crippen LogP contribution in [-0.4, -0.2) is 13.6 Å². The number of sulfonamides is 1. The molecule has 0 spiro atoms. The maximum atomic E-state index is 12.6. The summed E-state index contributed by atoms with van der Waals surface area (Å²) < 4.78 is 74.2. The molecule has 2 aromatic heterocycles. The number of furan rings is 1. The summed E-state index contributed by atoms with van der Waals surface area (Å²) >= 11 is 0. The molecule has 0 fully saturated rings. The Hall–Kier alpha value is -2.75. The SMILES string of the molecule is CC(C)c1ccc(NS(=O)(=O)c2ccc(-c3cc(C(F)(F)F)on3)o2)cc1. The summed E-state index contributed by atoms with van der Waals surface area (Å²) in [6.45, 7) is 4.02. The van der Waals surface area contributed by atoms with Crippen molar-refractivity contribution in [3.8, 4) is 11.5 Å². The Labute approximate surface area is 153 Å². The summed E-state index contributed by atoms with van der Waals surface area (Å²) in [6, 6.07) is 9.78. The van der Waals surface area contributed by atoms with E-state index in [0.717, 1.165) is 11.6 Å². The van der Waals surface area contributed by atoms with Gasteiger partial charge in [-0.15, -0.1) is 0 Å². The van der Waals surface area contributed by atoms with Gasteiger partial charge in [-0.25, -0.2) is 0 Å². The van der Waals surface area contributed by atoms with E-state index in [0.29, 0.717) is 17.7 Å². The molecule has 6 nitrogen and oxygen atoms in total. The van der Waals surface area contributed by atoms with Gasteiger partial charge in [-0.05, 0) is 35.7 Å². The number of halogens is 3. The van der Waals surface area contributed by atoms with Crippen LogP contribution in [-0.2, 0) is 16.2 Å². The van der Waals surface area contributed by atoms with Crippen molar-refractivity contribution in [2.75, 3.05) is 4.72 Å². The van der Waals surface area contributed by atoms with E-state index < -0.39 is 27.1 Å². The molecule has 0 amide bonds. The molecule has 0 aliphatic carbocycles. The van der Waals surface area contributed by atoms with Gasteiger partial charge >= 0.3 is 6.18 Å².